The van der Waals surface area contributed by atoms with Gasteiger partial charge in [0.25, 0.3) is 0 Å². The van der Waals surface area contributed by atoms with Crippen LogP contribution in [0, 0.1) is 5.82 Å². The van der Waals surface area contributed by atoms with Gasteiger partial charge in [0.15, 0.2) is 5.82 Å². The monoisotopic (exact) mass is 304 g/mol. The van der Waals surface area contributed by atoms with Crippen LogP contribution in [0.5, 0.6) is 5.75 Å². The molecule has 106 valence electrons. The summed E-state index contributed by atoms with van der Waals surface area (Å²) in [4.78, 5) is 0. The van der Waals surface area contributed by atoms with Gasteiger partial charge in [0.05, 0.1) is 10.6 Å². The first-order valence-corrected chi connectivity index (χ1v) is 5.98. The molecule has 0 fully saturated rings. The minimum Gasteiger partial charge on any atom is -0.489 e. The normalized spacial score (nSPS) is 11.4. The summed E-state index contributed by atoms with van der Waals surface area (Å²) in [6.45, 7) is 0.0695. The minimum absolute atomic E-state index is 0.0695. The number of hydrogen-bond acceptors (Lipinski definition) is 1. The van der Waals surface area contributed by atoms with Crippen molar-refractivity contribution in [3.05, 3.63) is 64.4 Å². The van der Waals surface area contributed by atoms with Gasteiger partial charge in [0, 0.05) is 6.07 Å². The Bertz CT molecular complexity index is 596. The summed E-state index contributed by atoms with van der Waals surface area (Å²) >= 11 is 5.45. The molecule has 0 atom stereocenters. The molecule has 0 saturated heterocycles. The highest BCUT2D eigenvalue weighted by Crippen LogP contribution is 2.37. The maximum Gasteiger partial charge on any atom is 0.419 e. The Labute approximate surface area is 117 Å². The molecule has 0 unspecified atom stereocenters. The number of rotatable bonds is 3. The highest BCUT2D eigenvalue weighted by atomic mass is 35.5. The van der Waals surface area contributed by atoms with E-state index in [1.165, 1.54) is 0 Å². The van der Waals surface area contributed by atoms with Crippen LogP contribution in [0.15, 0.2) is 42.5 Å². The van der Waals surface area contributed by atoms with Crippen LogP contribution in [0.4, 0.5) is 17.6 Å². The van der Waals surface area contributed by atoms with E-state index >= 15 is 0 Å². The Kier molecular flexibility index (Phi) is 4.18. The average molecular weight is 305 g/mol. The predicted octanol–water partition coefficient (Wildman–Crippen LogP) is 5.08. The molecule has 0 radical (unpaired) electrons. The van der Waals surface area contributed by atoms with Crippen LogP contribution < -0.4 is 4.74 Å². The molecule has 2 aromatic carbocycles. The van der Waals surface area contributed by atoms with Crippen molar-refractivity contribution in [2.75, 3.05) is 0 Å². The van der Waals surface area contributed by atoms with Crippen molar-refractivity contribution in [3.63, 3.8) is 0 Å². The number of hydrogen-bond donors (Lipinski definition) is 0. The first-order chi connectivity index (χ1) is 9.38. The maximum atomic E-state index is 13.3. The second-order valence-electron chi connectivity index (χ2n) is 4.04. The molecule has 0 aliphatic carbocycles. The van der Waals surface area contributed by atoms with Gasteiger partial charge in [0.2, 0.25) is 0 Å². The Hall–Kier alpha value is -1.75. The van der Waals surface area contributed by atoms with Gasteiger partial charge in [-0.05, 0) is 11.6 Å². The average Bonchev–Trinajstić information content (AvgIpc) is 2.40. The summed E-state index contributed by atoms with van der Waals surface area (Å²) in [6, 6.07) is 10.5. The lowest BCUT2D eigenvalue weighted by atomic mass is 10.2. The summed E-state index contributed by atoms with van der Waals surface area (Å²) in [5, 5.41) is -0.622. The Morgan fingerprint density at radius 1 is 1.05 bits per heavy atom. The molecule has 0 bridgehead atoms. The molecule has 6 heteroatoms. The van der Waals surface area contributed by atoms with Crippen molar-refractivity contribution < 1.29 is 22.3 Å². The molecular weight excluding hydrogens is 296 g/mol. The van der Waals surface area contributed by atoms with Crippen molar-refractivity contribution >= 4 is 11.6 Å². The Morgan fingerprint density at radius 2 is 1.70 bits per heavy atom. The molecule has 0 spiro atoms. The Balaban J connectivity index is 2.23. The number of alkyl halides is 3. The van der Waals surface area contributed by atoms with Gasteiger partial charge in [-0.3, -0.25) is 0 Å². The van der Waals surface area contributed by atoms with Gasteiger partial charge in [-0.15, -0.1) is 0 Å². The van der Waals surface area contributed by atoms with Crippen LogP contribution in [0.3, 0.4) is 0 Å². The van der Waals surface area contributed by atoms with E-state index in [1.807, 2.05) is 0 Å². The van der Waals surface area contributed by atoms with Gasteiger partial charge < -0.3 is 4.74 Å². The second kappa shape index (κ2) is 5.71. The third-order valence-corrected chi connectivity index (χ3v) is 2.83. The highest BCUT2D eigenvalue weighted by Gasteiger charge is 2.35. The van der Waals surface area contributed by atoms with Crippen molar-refractivity contribution in [1.29, 1.82) is 0 Å². The van der Waals surface area contributed by atoms with Crippen LogP contribution in [0.25, 0.3) is 0 Å². The summed E-state index contributed by atoms with van der Waals surface area (Å²) < 4.78 is 56.4. The molecular formula is C14H9ClF4O. The van der Waals surface area contributed by atoms with E-state index in [0.717, 1.165) is 11.6 Å². The van der Waals surface area contributed by atoms with Crippen molar-refractivity contribution in [3.8, 4) is 5.75 Å². The van der Waals surface area contributed by atoms with Crippen LogP contribution in [-0.4, -0.2) is 0 Å². The lowest BCUT2D eigenvalue weighted by Crippen LogP contribution is -2.09. The molecule has 0 saturated carbocycles. The summed E-state index contributed by atoms with van der Waals surface area (Å²) in [7, 11) is 0. The molecule has 20 heavy (non-hydrogen) atoms. The number of halogens is 5. The quantitative estimate of drug-likeness (QED) is 0.719. The standard InChI is InChI=1S/C14H9ClF4O/c15-12-7-10(6-11(13(12)16)14(17,18)19)20-8-9-4-2-1-3-5-9/h1-7H,8H2. The summed E-state index contributed by atoms with van der Waals surface area (Å²) in [6.07, 6.45) is -4.82. The summed E-state index contributed by atoms with van der Waals surface area (Å²) in [5.41, 5.74) is -0.658. The van der Waals surface area contributed by atoms with E-state index in [4.69, 9.17) is 16.3 Å². The van der Waals surface area contributed by atoms with Gasteiger partial charge in [-0.2, -0.15) is 13.2 Å². The molecule has 0 amide bonds. The van der Waals surface area contributed by atoms with Gasteiger partial charge in [-0.25, -0.2) is 4.39 Å². The third kappa shape index (κ3) is 3.42. The van der Waals surface area contributed by atoms with E-state index in [0.29, 0.717) is 6.07 Å². The fourth-order valence-electron chi connectivity index (χ4n) is 1.59. The fourth-order valence-corrected chi connectivity index (χ4v) is 1.80. The first kappa shape index (κ1) is 14.7. The largest absolute Gasteiger partial charge is 0.489 e. The van der Waals surface area contributed by atoms with E-state index in [9.17, 15) is 17.6 Å². The molecule has 0 aliphatic heterocycles. The SMILES string of the molecule is Fc1c(Cl)cc(OCc2ccccc2)cc1C(F)(F)F. The van der Waals surface area contributed by atoms with Crippen LogP contribution in [0.2, 0.25) is 5.02 Å². The van der Waals surface area contributed by atoms with Crippen molar-refractivity contribution in [1.82, 2.24) is 0 Å². The van der Waals surface area contributed by atoms with Crippen LogP contribution in [0.1, 0.15) is 11.1 Å². The molecule has 0 N–H and O–H groups in total. The minimum atomic E-state index is -4.82. The smallest absolute Gasteiger partial charge is 0.419 e. The van der Waals surface area contributed by atoms with E-state index in [2.05, 4.69) is 0 Å². The van der Waals surface area contributed by atoms with E-state index in [-0.39, 0.29) is 12.4 Å². The number of ether oxygens (including phenoxy) is 1. The molecule has 0 aromatic heterocycles. The highest BCUT2D eigenvalue weighted by molar-refractivity contribution is 6.31. The zero-order valence-corrected chi connectivity index (χ0v) is 10.8. The van der Waals surface area contributed by atoms with Gasteiger partial charge in [-0.1, -0.05) is 41.9 Å². The zero-order valence-electron chi connectivity index (χ0n) is 10.0. The van der Waals surface area contributed by atoms with Gasteiger partial charge in [0.1, 0.15) is 12.4 Å². The molecule has 0 aliphatic rings. The third-order valence-electron chi connectivity index (χ3n) is 2.56. The fraction of sp³-hybridized carbons (Fsp3) is 0.143. The lowest BCUT2D eigenvalue weighted by Gasteiger charge is -2.12. The predicted molar refractivity (Wildman–Crippen MR) is 67.2 cm³/mol. The van der Waals surface area contributed by atoms with Crippen molar-refractivity contribution in [2.24, 2.45) is 0 Å². The van der Waals surface area contributed by atoms with Crippen LogP contribution >= 0.6 is 11.6 Å². The van der Waals surface area contributed by atoms with Crippen LogP contribution in [-0.2, 0) is 12.8 Å². The second-order valence-corrected chi connectivity index (χ2v) is 4.45. The van der Waals surface area contributed by atoms with Crippen molar-refractivity contribution in [2.45, 2.75) is 12.8 Å². The summed E-state index contributed by atoms with van der Waals surface area (Å²) in [5.74, 6) is -1.63. The topological polar surface area (TPSA) is 9.23 Å². The Morgan fingerprint density at radius 3 is 2.30 bits per heavy atom. The van der Waals surface area contributed by atoms with E-state index < -0.39 is 22.6 Å². The molecule has 2 aromatic rings. The molecule has 1 nitrogen and oxygen atoms in total. The zero-order chi connectivity index (χ0) is 14.8. The van der Waals surface area contributed by atoms with Gasteiger partial charge >= 0.3 is 6.18 Å². The first-order valence-electron chi connectivity index (χ1n) is 5.61. The molecule has 0 heterocycles. The lowest BCUT2D eigenvalue weighted by molar-refractivity contribution is -0.140. The van der Waals surface area contributed by atoms with E-state index in [1.54, 1.807) is 30.3 Å². The molecule has 2 rings (SSSR count). The number of benzene rings is 2. The maximum absolute atomic E-state index is 13.3.